The van der Waals surface area contributed by atoms with Crippen molar-refractivity contribution in [3.05, 3.63) is 90.5 Å². The zero-order valence-corrected chi connectivity index (χ0v) is 21.7. The lowest BCUT2D eigenvalue weighted by molar-refractivity contribution is 0.243. The van der Waals surface area contributed by atoms with Gasteiger partial charge in [-0.1, -0.05) is 45.0 Å². The summed E-state index contributed by atoms with van der Waals surface area (Å²) in [6.45, 7) is 10.4. The summed E-state index contributed by atoms with van der Waals surface area (Å²) in [5.74, 6) is 2.05. The number of rotatable bonds is 8. The van der Waals surface area contributed by atoms with Crippen LogP contribution in [0.3, 0.4) is 0 Å². The van der Waals surface area contributed by atoms with Crippen molar-refractivity contribution in [1.82, 2.24) is 0 Å². The van der Waals surface area contributed by atoms with Crippen LogP contribution in [0, 0.1) is 0 Å². The predicted molar refractivity (Wildman–Crippen MR) is 141 cm³/mol. The third-order valence-corrected chi connectivity index (χ3v) is 8.14. The first-order valence-electron chi connectivity index (χ1n) is 11.9. The van der Waals surface area contributed by atoms with Crippen molar-refractivity contribution in [3.8, 4) is 17.2 Å². The van der Waals surface area contributed by atoms with Crippen LogP contribution in [-0.4, -0.2) is 14.5 Å². The highest BCUT2D eigenvalue weighted by Crippen LogP contribution is 2.31. The van der Waals surface area contributed by atoms with E-state index in [1.54, 1.807) is 36.4 Å². The molecule has 0 saturated carbocycles. The Hall–Kier alpha value is -3.31. The van der Waals surface area contributed by atoms with E-state index in [-0.39, 0.29) is 21.3 Å². The van der Waals surface area contributed by atoms with Gasteiger partial charge < -0.3 is 9.47 Å². The minimum absolute atomic E-state index is 0.00700. The average molecular weight is 489 g/mol. The number of hydrogen-bond donors (Lipinski definition) is 0. The smallest absolute Gasteiger partial charge is 0.206 e. The van der Waals surface area contributed by atoms with Crippen molar-refractivity contribution in [3.63, 3.8) is 0 Å². The van der Waals surface area contributed by atoms with E-state index >= 15 is 0 Å². The largest absolute Gasteiger partial charge is 0.491 e. The van der Waals surface area contributed by atoms with E-state index in [1.165, 1.54) is 0 Å². The molecule has 5 heteroatoms. The SMILES string of the molecule is CCC(C)(C)c1ccc(S(=O)(=O)c2ccc(Oc3ccc4ccc(OC(C)C)cc4c3)cc2)cc1. The Morgan fingerprint density at radius 3 is 1.80 bits per heavy atom. The van der Waals surface area contributed by atoms with Gasteiger partial charge in [-0.05, 0) is 103 Å². The molecule has 0 radical (unpaired) electrons. The Morgan fingerprint density at radius 2 is 1.23 bits per heavy atom. The highest BCUT2D eigenvalue weighted by atomic mass is 32.2. The zero-order chi connectivity index (χ0) is 25.2. The predicted octanol–water partition coefficient (Wildman–Crippen LogP) is 7.94. The molecule has 0 heterocycles. The van der Waals surface area contributed by atoms with Crippen LogP contribution < -0.4 is 9.47 Å². The van der Waals surface area contributed by atoms with Crippen LogP contribution in [0.15, 0.2) is 94.7 Å². The van der Waals surface area contributed by atoms with Gasteiger partial charge >= 0.3 is 0 Å². The maximum Gasteiger partial charge on any atom is 0.206 e. The minimum Gasteiger partial charge on any atom is -0.491 e. The molecule has 0 bridgehead atoms. The van der Waals surface area contributed by atoms with Crippen LogP contribution >= 0.6 is 0 Å². The van der Waals surface area contributed by atoms with Crippen molar-refractivity contribution in [1.29, 1.82) is 0 Å². The molecule has 4 aromatic rings. The van der Waals surface area contributed by atoms with Gasteiger partial charge in [-0.3, -0.25) is 0 Å². The summed E-state index contributed by atoms with van der Waals surface area (Å²) in [7, 11) is -3.61. The molecule has 4 rings (SSSR count). The Kier molecular flexibility index (Phi) is 6.91. The summed E-state index contributed by atoms with van der Waals surface area (Å²) >= 11 is 0. The maximum atomic E-state index is 13.1. The van der Waals surface area contributed by atoms with Crippen molar-refractivity contribution in [2.24, 2.45) is 0 Å². The molecule has 0 spiro atoms. The van der Waals surface area contributed by atoms with E-state index in [1.807, 2.05) is 62.4 Å². The molecular formula is C30H32O4S. The molecule has 0 aliphatic heterocycles. The summed E-state index contributed by atoms with van der Waals surface area (Å²) in [4.78, 5) is 0.525. The third kappa shape index (κ3) is 5.51. The summed E-state index contributed by atoms with van der Waals surface area (Å²) in [5.41, 5.74) is 1.13. The number of hydrogen-bond acceptors (Lipinski definition) is 4. The van der Waals surface area contributed by atoms with Gasteiger partial charge in [0.15, 0.2) is 0 Å². The lowest BCUT2D eigenvalue weighted by Gasteiger charge is -2.23. The molecule has 182 valence electrons. The molecule has 0 fully saturated rings. The van der Waals surface area contributed by atoms with Gasteiger partial charge in [0.2, 0.25) is 9.84 Å². The Labute approximate surface area is 208 Å². The van der Waals surface area contributed by atoms with E-state index in [9.17, 15) is 8.42 Å². The molecule has 0 aromatic heterocycles. The van der Waals surface area contributed by atoms with Crippen molar-refractivity contribution in [2.75, 3.05) is 0 Å². The second-order valence-electron chi connectivity index (χ2n) is 9.68. The summed E-state index contributed by atoms with van der Waals surface area (Å²) in [6.07, 6.45) is 1.08. The molecule has 4 nitrogen and oxygen atoms in total. The van der Waals surface area contributed by atoms with Gasteiger partial charge in [-0.25, -0.2) is 8.42 Å². The molecule has 0 saturated heterocycles. The van der Waals surface area contributed by atoms with E-state index in [4.69, 9.17) is 9.47 Å². The monoisotopic (exact) mass is 488 g/mol. The molecule has 4 aromatic carbocycles. The third-order valence-electron chi connectivity index (χ3n) is 6.35. The fourth-order valence-electron chi connectivity index (χ4n) is 3.86. The first-order chi connectivity index (χ1) is 16.6. The number of sulfone groups is 1. The highest BCUT2D eigenvalue weighted by molar-refractivity contribution is 7.91. The second kappa shape index (κ2) is 9.74. The van der Waals surface area contributed by atoms with Gasteiger partial charge in [0.25, 0.3) is 0 Å². The lowest BCUT2D eigenvalue weighted by atomic mass is 9.82. The van der Waals surface area contributed by atoms with Gasteiger partial charge in [0.1, 0.15) is 17.2 Å². The van der Waals surface area contributed by atoms with E-state index in [2.05, 4.69) is 20.8 Å². The molecule has 35 heavy (non-hydrogen) atoms. The van der Waals surface area contributed by atoms with Gasteiger partial charge in [0.05, 0.1) is 15.9 Å². The molecule has 0 atom stereocenters. The van der Waals surface area contributed by atoms with Gasteiger partial charge in [0, 0.05) is 0 Å². The molecule has 0 unspecified atom stereocenters. The standard InChI is InChI=1S/C30H32O4S/c1-6-30(4,5)24-9-15-28(16-10-24)35(31,32)29-17-13-25(14-18-29)34-27-12-8-22-7-11-26(33-21(2)3)19-23(22)20-27/h7-21H,6H2,1-5H3. The van der Waals surface area contributed by atoms with Crippen LogP contribution in [0.4, 0.5) is 0 Å². The van der Waals surface area contributed by atoms with Crippen LogP contribution in [0.2, 0.25) is 0 Å². The van der Waals surface area contributed by atoms with Crippen molar-refractivity contribution >= 4 is 20.6 Å². The first-order valence-corrected chi connectivity index (χ1v) is 13.4. The van der Waals surface area contributed by atoms with Gasteiger partial charge in [-0.2, -0.15) is 0 Å². The highest BCUT2D eigenvalue weighted by Gasteiger charge is 2.21. The van der Waals surface area contributed by atoms with E-state index < -0.39 is 9.84 Å². The van der Waals surface area contributed by atoms with E-state index in [0.29, 0.717) is 11.5 Å². The fourth-order valence-corrected chi connectivity index (χ4v) is 5.12. The van der Waals surface area contributed by atoms with Gasteiger partial charge in [-0.15, -0.1) is 0 Å². The van der Waals surface area contributed by atoms with E-state index in [0.717, 1.165) is 28.5 Å². The maximum absolute atomic E-state index is 13.1. The van der Waals surface area contributed by atoms with Crippen LogP contribution in [0.25, 0.3) is 10.8 Å². The summed E-state index contributed by atoms with van der Waals surface area (Å²) in [6, 6.07) is 25.6. The Balaban J connectivity index is 1.53. The molecule has 0 aliphatic rings. The van der Waals surface area contributed by atoms with Crippen LogP contribution in [-0.2, 0) is 15.3 Å². The molecule has 0 aliphatic carbocycles. The quantitative estimate of drug-likeness (QED) is 0.253. The summed E-state index contributed by atoms with van der Waals surface area (Å²) < 4.78 is 38.1. The summed E-state index contributed by atoms with van der Waals surface area (Å²) in [5, 5.41) is 2.10. The number of ether oxygens (including phenoxy) is 2. The second-order valence-corrected chi connectivity index (χ2v) is 11.6. The lowest BCUT2D eigenvalue weighted by Crippen LogP contribution is -2.15. The Morgan fingerprint density at radius 1 is 0.714 bits per heavy atom. The van der Waals surface area contributed by atoms with Crippen molar-refractivity contribution in [2.45, 2.75) is 62.3 Å². The zero-order valence-electron chi connectivity index (χ0n) is 20.9. The normalized spacial score (nSPS) is 12.2. The van der Waals surface area contributed by atoms with Crippen molar-refractivity contribution < 1.29 is 17.9 Å². The Bertz CT molecular complexity index is 1420. The topological polar surface area (TPSA) is 52.6 Å². The average Bonchev–Trinajstić information content (AvgIpc) is 2.84. The first kappa shape index (κ1) is 24.8. The van der Waals surface area contributed by atoms with Crippen LogP contribution in [0.1, 0.15) is 46.6 Å². The van der Waals surface area contributed by atoms with Crippen LogP contribution in [0.5, 0.6) is 17.2 Å². The molecule has 0 N–H and O–H groups in total. The fraction of sp³-hybridized carbons (Fsp3) is 0.267. The number of fused-ring (bicyclic) bond motifs is 1. The molecule has 0 amide bonds. The minimum atomic E-state index is -3.61. The molecular weight excluding hydrogens is 456 g/mol. The number of benzene rings is 4.